The summed E-state index contributed by atoms with van der Waals surface area (Å²) in [5.74, 6) is -0.149. The minimum absolute atomic E-state index is 0.0256. The first kappa shape index (κ1) is 16.5. The molecule has 1 aliphatic carbocycles. The third-order valence-corrected chi connectivity index (χ3v) is 4.36. The fourth-order valence-corrected chi connectivity index (χ4v) is 2.58. The van der Waals surface area contributed by atoms with Gasteiger partial charge in [-0.1, -0.05) is 43.2 Å². The number of rotatable bonds is 7. The largest absolute Gasteiger partial charge is 0.351 e. The van der Waals surface area contributed by atoms with Gasteiger partial charge >= 0.3 is 0 Å². The van der Waals surface area contributed by atoms with Crippen LogP contribution in [0.15, 0.2) is 24.3 Å². The molecule has 0 spiro atoms. The smallest absolute Gasteiger partial charge is 0.238 e. The highest BCUT2D eigenvalue weighted by Gasteiger charge is 2.57. The van der Waals surface area contributed by atoms with Crippen molar-refractivity contribution in [1.82, 2.24) is 10.2 Å². The zero-order chi connectivity index (χ0) is 16.2. The molecule has 0 unspecified atom stereocenters. The second kappa shape index (κ2) is 6.95. The van der Waals surface area contributed by atoms with Crippen LogP contribution in [0, 0.1) is 12.3 Å². The van der Waals surface area contributed by atoms with E-state index in [0.29, 0.717) is 19.4 Å². The lowest BCUT2D eigenvalue weighted by molar-refractivity contribution is -0.143. The quantitative estimate of drug-likeness (QED) is 0.787. The van der Waals surface area contributed by atoms with Crippen molar-refractivity contribution in [2.24, 2.45) is 5.41 Å². The van der Waals surface area contributed by atoms with Crippen LogP contribution in [0.25, 0.3) is 0 Å². The second-order valence-corrected chi connectivity index (χ2v) is 6.33. The van der Waals surface area contributed by atoms with Crippen molar-refractivity contribution in [3.05, 3.63) is 35.4 Å². The summed E-state index contributed by atoms with van der Waals surface area (Å²) < 4.78 is 0. The van der Waals surface area contributed by atoms with E-state index in [1.165, 1.54) is 5.56 Å². The zero-order valence-electron chi connectivity index (χ0n) is 13.8. The minimum atomic E-state index is -0.798. The Balaban J connectivity index is 1.91. The number of benzene rings is 1. The maximum atomic E-state index is 12.5. The van der Waals surface area contributed by atoms with Crippen LogP contribution in [-0.4, -0.2) is 30.3 Å². The van der Waals surface area contributed by atoms with Crippen LogP contribution in [0.3, 0.4) is 0 Å². The minimum Gasteiger partial charge on any atom is -0.351 e. The summed E-state index contributed by atoms with van der Waals surface area (Å²) in [5.41, 5.74) is 1.45. The summed E-state index contributed by atoms with van der Waals surface area (Å²) in [6.07, 6.45) is 3.36. The van der Waals surface area contributed by atoms with Gasteiger partial charge in [0.05, 0.1) is 0 Å². The summed E-state index contributed by atoms with van der Waals surface area (Å²) >= 11 is 0. The van der Waals surface area contributed by atoms with Crippen LogP contribution in [0.1, 0.15) is 43.7 Å². The second-order valence-electron chi connectivity index (χ2n) is 6.33. The van der Waals surface area contributed by atoms with Gasteiger partial charge in [-0.2, -0.15) is 0 Å². The fourth-order valence-electron chi connectivity index (χ4n) is 2.58. The Hall–Kier alpha value is -1.84. The Morgan fingerprint density at radius 3 is 2.41 bits per heavy atom. The van der Waals surface area contributed by atoms with Crippen LogP contribution in [0.4, 0.5) is 0 Å². The first-order valence-electron chi connectivity index (χ1n) is 8.09. The van der Waals surface area contributed by atoms with Crippen LogP contribution in [-0.2, 0) is 16.1 Å². The number of aryl methyl sites for hydroxylation is 1. The van der Waals surface area contributed by atoms with E-state index in [1.807, 2.05) is 31.2 Å². The molecule has 1 saturated carbocycles. The van der Waals surface area contributed by atoms with Gasteiger partial charge in [0.15, 0.2) is 0 Å². The molecule has 0 saturated heterocycles. The molecule has 0 heterocycles. The van der Waals surface area contributed by atoms with Gasteiger partial charge in [-0.05, 0) is 31.7 Å². The van der Waals surface area contributed by atoms with Crippen LogP contribution >= 0.6 is 0 Å². The molecule has 120 valence electrons. The molecule has 0 bridgehead atoms. The summed E-state index contributed by atoms with van der Waals surface area (Å²) in [5, 5.41) is 2.93. The first-order chi connectivity index (χ1) is 10.5. The Morgan fingerprint density at radius 2 is 1.86 bits per heavy atom. The molecule has 1 aromatic carbocycles. The summed E-state index contributed by atoms with van der Waals surface area (Å²) in [6.45, 7) is 5.33. The van der Waals surface area contributed by atoms with Crippen molar-refractivity contribution in [3.63, 3.8) is 0 Å². The topological polar surface area (TPSA) is 49.4 Å². The van der Waals surface area contributed by atoms with E-state index in [1.54, 1.807) is 11.9 Å². The molecule has 0 atom stereocenters. The number of nitrogens with one attached hydrogen (secondary N) is 1. The molecule has 22 heavy (non-hydrogen) atoms. The van der Waals surface area contributed by atoms with Gasteiger partial charge in [-0.3, -0.25) is 9.59 Å². The monoisotopic (exact) mass is 302 g/mol. The number of nitrogens with zero attached hydrogens (tertiary/aromatic N) is 1. The van der Waals surface area contributed by atoms with Crippen molar-refractivity contribution in [3.8, 4) is 0 Å². The van der Waals surface area contributed by atoms with Crippen molar-refractivity contribution in [2.45, 2.75) is 46.1 Å². The summed E-state index contributed by atoms with van der Waals surface area (Å²) in [6, 6.07) is 8.06. The van der Waals surface area contributed by atoms with E-state index in [-0.39, 0.29) is 11.8 Å². The average molecular weight is 302 g/mol. The molecular weight excluding hydrogens is 276 g/mol. The third-order valence-electron chi connectivity index (χ3n) is 4.36. The van der Waals surface area contributed by atoms with E-state index >= 15 is 0 Å². The van der Waals surface area contributed by atoms with Crippen molar-refractivity contribution in [2.75, 3.05) is 13.6 Å². The lowest BCUT2D eigenvalue weighted by Crippen LogP contribution is -2.43. The summed E-state index contributed by atoms with van der Waals surface area (Å²) in [7, 11) is 1.80. The lowest BCUT2D eigenvalue weighted by Gasteiger charge is -2.23. The van der Waals surface area contributed by atoms with Crippen LogP contribution < -0.4 is 5.32 Å². The average Bonchev–Trinajstić information content (AvgIpc) is 3.32. The van der Waals surface area contributed by atoms with Gasteiger partial charge < -0.3 is 10.2 Å². The molecule has 4 nitrogen and oxygen atoms in total. The molecule has 0 aliphatic heterocycles. The number of amides is 2. The molecular formula is C18H26N2O2. The Bertz CT molecular complexity index is 533. The van der Waals surface area contributed by atoms with E-state index in [9.17, 15) is 9.59 Å². The van der Waals surface area contributed by atoms with E-state index in [4.69, 9.17) is 0 Å². The highest BCUT2D eigenvalue weighted by atomic mass is 16.2. The molecule has 2 rings (SSSR count). The Labute approximate surface area is 132 Å². The normalized spacial score (nSPS) is 15.2. The first-order valence-corrected chi connectivity index (χ1v) is 8.09. The van der Waals surface area contributed by atoms with Gasteiger partial charge in [0.25, 0.3) is 0 Å². The molecule has 1 aromatic rings. The molecule has 1 fully saturated rings. The number of carbonyl (C=O) groups excluding carboxylic acids is 2. The number of unbranched alkanes of at least 4 members (excludes halogenated alkanes) is 1. The van der Waals surface area contributed by atoms with Gasteiger partial charge in [-0.15, -0.1) is 0 Å². The Morgan fingerprint density at radius 1 is 1.23 bits per heavy atom. The van der Waals surface area contributed by atoms with Crippen molar-refractivity contribution >= 4 is 11.8 Å². The maximum Gasteiger partial charge on any atom is 0.238 e. The summed E-state index contributed by atoms with van der Waals surface area (Å²) in [4.78, 5) is 26.6. The lowest BCUT2D eigenvalue weighted by atomic mass is 10.0. The SMILES string of the molecule is CCCCN(C)C(=O)C1(C(=O)NCc2ccc(C)cc2)CC1. The van der Waals surface area contributed by atoms with Crippen LogP contribution in [0.5, 0.6) is 0 Å². The van der Waals surface area contributed by atoms with Gasteiger partial charge in [0, 0.05) is 20.1 Å². The molecule has 0 radical (unpaired) electrons. The predicted molar refractivity (Wildman–Crippen MR) is 87.2 cm³/mol. The standard InChI is InChI=1S/C18H26N2O2/c1-4-5-12-20(3)17(22)18(10-11-18)16(21)19-13-15-8-6-14(2)7-9-15/h6-9H,4-5,10-13H2,1-3H3,(H,19,21). The maximum absolute atomic E-state index is 12.5. The van der Waals surface area contributed by atoms with E-state index in [0.717, 1.165) is 24.9 Å². The van der Waals surface area contributed by atoms with Crippen molar-refractivity contribution in [1.29, 1.82) is 0 Å². The fraction of sp³-hybridized carbons (Fsp3) is 0.556. The third kappa shape index (κ3) is 3.67. The number of hydrogen-bond donors (Lipinski definition) is 1. The highest BCUT2D eigenvalue weighted by molar-refractivity contribution is 6.07. The highest BCUT2D eigenvalue weighted by Crippen LogP contribution is 2.47. The molecule has 1 N–H and O–H groups in total. The molecule has 4 heteroatoms. The van der Waals surface area contributed by atoms with Gasteiger partial charge in [0.1, 0.15) is 5.41 Å². The Kier molecular flexibility index (Phi) is 5.22. The van der Waals surface area contributed by atoms with Gasteiger partial charge in [-0.25, -0.2) is 0 Å². The number of hydrogen-bond acceptors (Lipinski definition) is 2. The van der Waals surface area contributed by atoms with E-state index < -0.39 is 5.41 Å². The molecule has 2 amide bonds. The molecule has 0 aromatic heterocycles. The predicted octanol–water partition coefficient (Wildman–Crippen LogP) is 2.65. The van der Waals surface area contributed by atoms with E-state index in [2.05, 4.69) is 12.2 Å². The van der Waals surface area contributed by atoms with Crippen LogP contribution in [0.2, 0.25) is 0 Å². The zero-order valence-corrected chi connectivity index (χ0v) is 13.8. The van der Waals surface area contributed by atoms with Crippen molar-refractivity contribution < 1.29 is 9.59 Å². The number of carbonyl (C=O) groups is 2. The van der Waals surface area contributed by atoms with Gasteiger partial charge in [0.2, 0.25) is 11.8 Å². The molecule has 1 aliphatic rings.